The Bertz CT molecular complexity index is 1040. The number of nitrogens with zero attached hydrogens (tertiary/aromatic N) is 5. The number of hydrogen-bond acceptors (Lipinski definition) is 6. The molecule has 3 heterocycles. The van der Waals surface area contributed by atoms with Gasteiger partial charge in [0.05, 0.1) is 23.3 Å². The molecular weight excluding hydrogens is 364 g/mol. The molecular formula is C22H24N6O. The van der Waals surface area contributed by atoms with Crippen molar-refractivity contribution in [1.29, 1.82) is 0 Å². The number of pyridine rings is 1. The normalized spacial score (nSPS) is 16.2. The zero-order valence-electron chi connectivity index (χ0n) is 17.0. The summed E-state index contributed by atoms with van der Waals surface area (Å²) in [6.07, 6.45) is 3.44. The van der Waals surface area contributed by atoms with E-state index in [4.69, 9.17) is 0 Å². The molecule has 0 bridgehead atoms. The van der Waals surface area contributed by atoms with Gasteiger partial charge in [-0.1, -0.05) is 30.3 Å². The molecule has 0 fully saturated rings. The summed E-state index contributed by atoms with van der Waals surface area (Å²) in [4.78, 5) is 29.8. The average Bonchev–Trinajstić information content (AvgIpc) is 2.73. The minimum atomic E-state index is -0.248. The maximum atomic E-state index is 12.6. The highest BCUT2D eigenvalue weighted by atomic mass is 16.2. The molecule has 1 aromatic carbocycles. The third-order valence-corrected chi connectivity index (χ3v) is 5.09. The van der Waals surface area contributed by atoms with E-state index in [0.29, 0.717) is 11.8 Å². The molecule has 1 atom stereocenters. The molecule has 4 rings (SSSR count). The van der Waals surface area contributed by atoms with Crippen molar-refractivity contribution in [2.75, 3.05) is 22.2 Å². The lowest BCUT2D eigenvalue weighted by molar-refractivity contribution is -0.119. The number of hydrogen-bond donors (Lipinski definition) is 1. The second kappa shape index (κ2) is 7.50. The molecule has 1 aliphatic heterocycles. The number of benzene rings is 1. The van der Waals surface area contributed by atoms with E-state index in [1.165, 1.54) is 0 Å². The van der Waals surface area contributed by atoms with Gasteiger partial charge in [-0.15, -0.1) is 0 Å². The minimum absolute atomic E-state index is 0.0401. The van der Waals surface area contributed by atoms with E-state index in [2.05, 4.69) is 39.0 Å². The number of fused-ring (bicyclic) bond motifs is 1. The van der Waals surface area contributed by atoms with Crippen molar-refractivity contribution in [3.8, 4) is 11.3 Å². The fourth-order valence-corrected chi connectivity index (χ4v) is 3.72. The summed E-state index contributed by atoms with van der Waals surface area (Å²) in [5.74, 6) is 1.20. The predicted octanol–water partition coefficient (Wildman–Crippen LogP) is 3.86. The van der Waals surface area contributed by atoms with Crippen LogP contribution in [0.25, 0.3) is 11.3 Å². The van der Waals surface area contributed by atoms with Crippen molar-refractivity contribution >= 4 is 29.0 Å². The zero-order valence-corrected chi connectivity index (χ0v) is 17.0. The quantitative estimate of drug-likeness (QED) is 0.732. The van der Waals surface area contributed by atoms with Gasteiger partial charge in [0, 0.05) is 24.8 Å². The van der Waals surface area contributed by atoms with Crippen LogP contribution in [-0.4, -0.2) is 40.0 Å². The topological polar surface area (TPSA) is 74.2 Å². The molecule has 7 heteroatoms. The van der Waals surface area contributed by atoms with Crippen molar-refractivity contribution in [1.82, 2.24) is 15.0 Å². The van der Waals surface area contributed by atoms with Crippen LogP contribution in [0.5, 0.6) is 0 Å². The highest BCUT2D eigenvalue weighted by Crippen LogP contribution is 2.37. The van der Waals surface area contributed by atoms with Gasteiger partial charge >= 0.3 is 0 Å². The Kier molecular flexibility index (Phi) is 4.88. The third kappa shape index (κ3) is 3.51. The van der Waals surface area contributed by atoms with E-state index in [9.17, 15) is 4.79 Å². The fraction of sp³-hybridized carbons (Fsp3) is 0.273. The second-order valence-electron chi connectivity index (χ2n) is 7.40. The van der Waals surface area contributed by atoms with E-state index >= 15 is 0 Å². The molecule has 1 aliphatic rings. The summed E-state index contributed by atoms with van der Waals surface area (Å²) in [6, 6.07) is 13.8. The van der Waals surface area contributed by atoms with Crippen LogP contribution in [-0.2, 0) is 4.79 Å². The summed E-state index contributed by atoms with van der Waals surface area (Å²) in [6.45, 7) is 6.07. The van der Waals surface area contributed by atoms with Gasteiger partial charge in [0.1, 0.15) is 6.04 Å². The van der Waals surface area contributed by atoms with Crippen molar-refractivity contribution in [3.05, 3.63) is 54.9 Å². The monoisotopic (exact) mass is 388 g/mol. The van der Waals surface area contributed by atoms with Gasteiger partial charge in [-0.25, -0.2) is 15.0 Å². The van der Waals surface area contributed by atoms with Crippen LogP contribution >= 0.6 is 0 Å². The smallest absolute Gasteiger partial charge is 0.250 e. The Balaban J connectivity index is 1.67. The van der Waals surface area contributed by atoms with E-state index < -0.39 is 0 Å². The number of nitrogens with one attached hydrogen (secondary N) is 1. The highest BCUT2D eigenvalue weighted by Gasteiger charge is 2.36. The number of aromatic nitrogens is 3. The van der Waals surface area contributed by atoms with Gasteiger partial charge in [0.2, 0.25) is 11.9 Å². The Labute approximate surface area is 170 Å². The Morgan fingerprint density at radius 2 is 1.86 bits per heavy atom. The standard InChI is InChI=1S/C22H24N6O/c1-14(2)28-15(3)21(29)27(4)20-19(28)12-17(13-24-20)25-22-23-11-10-18(26-22)16-8-6-5-7-9-16/h5-15H,1-4H3,(H,23,25,26)/t15-/m1/s1. The first-order valence-corrected chi connectivity index (χ1v) is 9.67. The Morgan fingerprint density at radius 1 is 1.10 bits per heavy atom. The minimum Gasteiger partial charge on any atom is -0.354 e. The van der Waals surface area contributed by atoms with Crippen molar-refractivity contribution in [2.24, 2.45) is 0 Å². The molecule has 1 amide bonds. The first kappa shape index (κ1) is 18.9. The summed E-state index contributed by atoms with van der Waals surface area (Å²) in [5, 5.41) is 3.25. The molecule has 0 spiro atoms. The van der Waals surface area contributed by atoms with Gasteiger partial charge in [0.15, 0.2) is 5.82 Å². The van der Waals surface area contributed by atoms with Crippen LogP contribution in [0, 0.1) is 0 Å². The molecule has 0 unspecified atom stereocenters. The van der Waals surface area contributed by atoms with Crippen LogP contribution in [0.4, 0.5) is 23.1 Å². The average molecular weight is 388 g/mol. The number of likely N-dealkylation sites (N-methyl/N-ethyl adjacent to an activating group) is 1. The summed E-state index contributed by atoms with van der Waals surface area (Å²) < 4.78 is 0. The SMILES string of the molecule is CC(C)N1c2cc(Nc3nccc(-c4ccccc4)n3)cnc2N(C)C(=O)[C@H]1C. The van der Waals surface area contributed by atoms with Gasteiger partial charge in [-0.05, 0) is 32.9 Å². The van der Waals surface area contributed by atoms with Gasteiger partial charge in [0.25, 0.3) is 0 Å². The number of carbonyl (C=O) groups excluding carboxylic acids is 1. The molecule has 0 saturated carbocycles. The summed E-state index contributed by atoms with van der Waals surface area (Å²) in [5.41, 5.74) is 3.56. The lowest BCUT2D eigenvalue weighted by Crippen LogP contribution is -2.53. The first-order chi connectivity index (χ1) is 14.0. The van der Waals surface area contributed by atoms with E-state index in [1.807, 2.05) is 49.4 Å². The number of carbonyl (C=O) groups is 1. The maximum Gasteiger partial charge on any atom is 0.250 e. The molecule has 2 aromatic heterocycles. The van der Waals surface area contributed by atoms with Crippen LogP contribution in [0.1, 0.15) is 20.8 Å². The fourth-order valence-electron chi connectivity index (χ4n) is 3.72. The van der Waals surface area contributed by atoms with Crippen LogP contribution < -0.4 is 15.1 Å². The van der Waals surface area contributed by atoms with Gasteiger partial charge in [-0.3, -0.25) is 9.69 Å². The molecule has 29 heavy (non-hydrogen) atoms. The zero-order chi connectivity index (χ0) is 20.5. The van der Waals surface area contributed by atoms with E-state index in [-0.39, 0.29) is 18.0 Å². The van der Waals surface area contributed by atoms with Crippen LogP contribution in [0.2, 0.25) is 0 Å². The summed E-state index contributed by atoms with van der Waals surface area (Å²) in [7, 11) is 1.77. The molecule has 1 N–H and O–H groups in total. The Hall–Kier alpha value is -3.48. The van der Waals surface area contributed by atoms with Crippen molar-refractivity contribution in [2.45, 2.75) is 32.9 Å². The summed E-state index contributed by atoms with van der Waals surface area (Å²) >= 11 is 0. The molecule has 0 saturated heterocycles. The van der Waals surface area contributed by atoms with Gasteiger partial charge in [-0.2, -0.15) is 0 Å². The third-order valence-electron chi connectivity index (χ3n) is 5.09. The molecule has 148 valence electrons. The largest absolute Gasteiger partial charge is 0.354 e. The second-order valence-corrected chi connectivity index (χ2v) is 7.40. The first-order valence-electron chi connectivity index (χ1n) is 9.67. The number of anilines is 4. The van der Waals surface area contributed by atoms with Crippen molar-refractivity contribution < 1.29 is 4.79 Å². The molecule has 0 radical (unpaired) electrons. The van der Waals surface area contributed by atoms with Crippen LogP contribution in [0.3, 0.4) is 0 Å². The lowest BCUT2D eigenvalue weighted by Gasteiger charge is -2.41. The number of rotatable bonds is 4. The predicted molar refractivity (Wildman–Crippen MR) is 115 cm³/mol. The van der Waals surface area contributed by atoms with Crippen molar-refractivity contribution in [3.63, 3.8) is 0 Å². The van der Waals surface area contributed by atoms with E-state index in [0.717, 1.165) is 22.6 Å². The maximum absolute atomic E-state index is 12.6. The molecule has 0 aliphatic carbocycles. The number of amides is 1. The van der Waals surface area contributed by atoms with E-state index in [1.54, 1.807) is 24.3 Å². The highest BCUT2D eigenvalue weighted by molar-refractivity contribution is 6.04. The molecule has 3 aromatic rings. The Morgan fingerprint density at radius 3 is 2.59 bits per heavy atom. The van der Waals surface area contributed by atoms with Crippen LogP contribution in [0.15, 0.2) is 54.9 Å². The lowest BCUT2D eigenvalue weighted by atomic mass is 10.1. The molecule has 7 nitrogen and oxygen atoms in total. The van der Waals surface area contributed by atoms with Gasteiger partial charge < -0.3 is 10.2 Å².